The Kier molecular flexibility index (Phi) is 5.71. The molecule has 11 rings (SSSR count). The molecule has 0 atom stereocenters. The third-order valence-corrected chi connectivity index (χ3v) is 13.3. The van der Waals surface area contributed by atoms with Crippen LogP contribution < -0.4 is 0 Å². The fourth-order valence-corrected chi connectivity index (χ4v) is 10.7. The van der Waals surface area contributed by atoms with Gasteiger partial charge in [0.25, 0.3) is 0 Å². The number of fused-ring (bicyclic) bond motifs is 13. The number of rotatable bonds is 2. The summed E-state index contributed by atoms with van der Waals surface area (Å²) >= 11 is 1.96. The highest BCUT2D eigenvalue weighted by molar-refractivity contribution is 7.27. The van der Waals surface area contributed by atoms with Crippen molar-refractivity contribution in [3.05, 3.63) is 156 Å². The van der Waals surface area contributed by atoms with Crippen LogP contribution in [-0.4, -0.2) is 9.97 Å². The van der Waals surface area contributed by atoms with E-state index in [0.717, 1.165) is 11.1 Å². The van der Waals surface area contributed by atoms with E-state index in [0.29, 0.717) is 0 Å². The van der Waals surface area contributed by atoms with Gasteiger partial charge in [-0.25, -0.2) is 0 Å². The van der Waals surface area contributed by atoms with Crippen molar-refractivity contribution >= 4 is 53.1 Å². The number of nitrogens with zero attached hydrogens (tertiary/aromatic N) is 2. The summed E-state index contributed by atoms with van der Waals surface area (Å²) in [6.45, 7) is 9.52. The summed E-state index contributed by atoms with van der Waals surface area (Å²) in [7, 11) is 0. The molecule has 0 bridgehead atoms. The number of thiophene rings is 1. The van der Waals surface area contributed by atoms with Crippen LogP contribution in [0.4, 0.5) is 0 Å². The van der Waals surface area contributed by atoms with Crippen molar-refractivity contribution in [3.63, 3.8) is 0 Å². The number of benzene rings is 6. The van der Waals surface area contributed by atoms with E-state index in [9.17, 15) is 0 Å². The van der Waals surface area contributed by atoms with E-state index in [1.807, 2.05) is 36.1 Å². The quantitative estimate of drug-likeness (QED) is 0.183. The second-order valence-corrected chi connectivity index (χ2v) is 16.4. The van der Waals surface area contributed by atoms with Gasteiger partial charge in [0.2, 0.25) is 0 Å². The monoisotopic (exact) mass is 670 g/mol. The summed E-state index contributed by atoms with van der Waals surface area (Å²) in [6, 6.07) is 41.3. The molecule has 3 heteroatoms. The summed E-state index contributed by atoms with van der Waals surface area (Å²) in [5.41, 5.74) is 15.5. The van der Waals surface area contributed by atoms with Gasteiger partial charge in [0, 0.05) is 77.7 Å². The van der Waals surface area contributed by atoms with E-state index in [-0.39, 0.29) is 10.8 Å². The standard InChI is InChI=1S/C48H34N2S/c1-47(2)41-15-7-5-13-29(41)35-21-33-31(27-11-9-17-49-25-27)19-37-38-20-32(28-12-10-18-50-26-28)34-22-36-30-14-6-8-16-42(30)48(3,4)44(36)24-40(34)46(38)51-45(37)39(33)23-43(35)47/h5-26H,1-4H3. The predicted octanol–water partition coefficient (Wildman–Crippen LogP) is 13.1. The minimum Gasteiger partial charge on any atom is -0.264 e. The highest BCUT2D eigenvalue weighted by atomic mass is 32.1. The zero-order chi connectivity index (χ0) is 34.2. The molecule has 51 heavy (non-hydrogen) atoms. The predicted molar refractivity (Wildman–Crippen MR) is 216 cm³/mol. The lowest BCUT2D eigenvalue weighted by Crippen LogP contribution is -2.14. The zero-order valence-corrected chi connectivity index (χ0v) is 29.8. The zero-order valence-electron chi connectivity index (χ0n) is 29.0. The van der Waals surface area contributed by atoms with Crippen molar-refractivity contribution < 1.29 is 0 Å². The molecule has 2 nitrogen and oxygen atoms in total. The van der Waals surface area contributed by atoms with E-state index in [1.165, 1.54) is 97.4 Å². The van der Waals surface area contributed by atoms with Crippen LogP contribution in [0.1, 0.15) is 49.9 Å². The molecule has 2 aliphatic carbocycles. The summed E-state index contributed by atoms with van der Waals surface area (Å²) < 4.78 is 2.68. The van der Waals surface area contributed by atoms with Gasteiger partial charge in [-0.05, 0) is 115 Å². The minimum absolute atomic E-state index is 0.0885. The van der Waals surface area contributed by atoms with Gasteiger partial charge in [0.1, 0.15) is 0 Å². The van der Waals surface area contributed by atoms with E-state index >= 15 is 0 Å². The number of pyridine rings is 2. The van der Waals surface area contributed by atoms with Crippen LogP contribution in [0.5, 0.6) is 0 Å². The minimum atomic E-state index is -0.0885. The highest BCUT2D eigenvalue weighted by Gasteiger charge is 2.37. The molecule has 0 radical (unpaired) electrons. The third kappa shape index (κ3) is 3.82. The molecule has 2 aliphatic rings. The molecule has 0 fully saturated rings. The molecule has 0 saturated heterocycles. The van der Waals surface area contributed by atoms with E-state index < -0.39 is 0 Å². The summed E-state index contributed by atoms with van der Waals surface area (Å²) in [5, 5.41) is 7.79. The Morgan fingerprint density at radius 2 is 0.804 bits per heavy atom. The summed E-state index contributed by atoms with van der Waals surface area (Å²) in [6.07, 6.45) is 7.76. The third-order valence-electron chi connectivity index (χ3n) is 12.0. The molecule has 0 spiro atoms. The van der Waals surface area contributed by atoms with Crippen molar-refractivity contribution in [3.8, 4) is 44.5 Å². The number of hydrogen-bond acceptors (Lipinski definition) is 3. The summed E-state index contributed by atoms with van der Waals surface area (Å²) in [4.78, 5) is 9.17. The van der Waals surface area contributed by atoms with Crippen molar-refractivity contribution in [1.82, 2.24) is 9.97 Å². The number of aromatic nitrogens is 2. The van der Waals surface area contributed by atoms with Crippen LogP contribution in [0.25, 0.3) is 86.2 Å². The lowest BCUT2D eigenvalue weighted by Gasteiger charge is -2.22. The first kappa shape index (κ1) is 29.1. The van der Waals surface area contributed by atoms with Crippen LogP contribution in [0.3, 0.4) is 0 Å². The van der Waals surface area contributed by atoms with E-state index in [4.69, 9.17) is 0 Å². The molecule has 3 heterocycles. The Morgan fingerprint density at radius 3 is 1.24 bits per heavy atom. The normalized spacial score (nSPS) is 15.0. The Bertz CT molecular complexity index is 2750. The van der Waals surface area contributed by atoms with Gasteiger partial charge in [0.15, 0.2) is 0 Å². The number of hydrogen-bond donors (Lipinski definition) is 0. The first-order chi connectivity index (χ1) is 24.8. The summed E-state index contributed by atoms with van der Waals surface area (Å²) in [5.74, 6) is 0. The molecule has 6 aromatic carbocycles. The van der Waals surface area contributed by atoms with E-state index in [1.54, 1.807) is 0 Å². The van der Waals surface area contributed by atoms with Gasteiger partial charge in [-0.1, -0.05) is 88.4 Å². The maximum atomic E-state index is 4.58. The van der Waals surface area contributed by atoms with Crippen molar-refractivity contribution in [2.24, 2.45) is 0 Å². The Balaban J connectivity index is 1.31. The lowest BCUT2D eigenvalue weighted by molar-refractivity contribution is 0.661. The van der Waals surface area contributed by atoms with Crippen molar-refractivity contribution in [1.29, 1.82) is 0 Å². The van der Waals surface area contributed by atoms with Gasteiger partial charge in [-0.3, -0.25) is 9.97 Å². The topological polar surface area (TPSA) is 25.8 Å². The van der Waals surface area contributed by atoms with Gasteiger partial charge in [-0.2, -0.15) is 0 Å². The first-order valence-electron chi connectivity index (χ1n) is 17.8. The lowest BCUT2D eigenvalue weighted by atomic mass is 9.81. The van der Waals surface area contributed by atoms with Crippen LogP contribution in [0.15, 0.2) is 134 Å². The fourth-order valence-electron chi connectivity index (χ4n) is 9.43. The van der Waals surface area contributed by atoms with Crippen molar-refractivity contribution in [2.45, 2.75) is 38.5 Å². The van der Waals surface area contributed by atoms with Gasteiger partial charge in [0.05, 0.1) is 0 Å². The average molecular weight is 671 g/mol. The molecule has 0 unspecified atom stereocenters. The highest BCUT2D eigenvalue weighted by Crippen LogP contribution is 2.55. The molecule has 3 aromatic heterocycles. The van der Waals surface area contributed by atoms with Crippen LogP contribution in [0.2, 0.25) is 0 Å². The first-order valence-corrected chi connectivity index (χ1v) is 18.6. The Hall–Kier alpha value is -5.64. The second kappa shape index (κ2) is 9.99. The maximum Gasteiger partial charge on any atom is 0.0434 e. The molecule has 0 saturated carbocycles. The molecule has 9 aromatic rings. The van der Waals surface area contributed by atoms with Gasteiger partial charge in [-0.15, -0.1) is 11.3 Å². The fraction of sp³-hybridized carbons (Fsp3) is 0.125. The molecule has 0 aliphatic heterocycles. The molecular formula is C48H34N2S. The Morgan fingerprint density at radius 1 is 0.392 bits per heavy atom. The molecule has 242 valence electrons. The molecule has 0 amide bonds. The molecular weight excluding hydrogens is 637 g/mol. The smallest absolute Gasteiger partial charge is 0.0434 e. The SMILES string of the molecule is CC1(C)c2ccccc2-c2cc3c(-c4cccnc4)cc4c5cc(-c6cccnc6)c6cc7c(cc6c5sc4c3cc21)C(C)(C)c1ccccc1-7. The van der Waals surface area contributed by atoms with Gasteiger partial charge >= 0.3 is 0 Å². The van der Waals surface area contributed by atoms with Crippen LogP contribution in [-0.2, 0) is 10.8 Å². The van der Waals surface area contributed by atoms with Gasteiger partial charge < -0.3 is 0 Å². The molecule has 0 N–H and O–H groups in total. The second-order valence-electron chi connectivity index (χ2n) is 15.4. The average Bonchev–Trinajstić information content (AvgIpc) is 3.73. The van der Waals surface area contributed by atoms with Crippen LogP contribution >= 0.6 is 11.3 Å². The largest absolute Gasteiger partial charge is 0.264 e. The maximum absolute atomic E-state index is 4.58. The van der Waals surface area contributed by atoms with Crippen molar-refractivity contribution in [2.75, 3.05) is 0 Å². The van der Waals surface area contributed by atoms with Crippen LogP contribution in [0, 0.1) is 0 Å². The Labute approximate surface area is 301 Å². The van der Waals surface area contributed by atoms with E-state index in [2.05, 4.69) is 147 Å².